The predicted octanol–water partition coefficient (Wildman–Crippen LogP) is 0.837. The van der Waals surface area contributed by atoms with Gasteiger partial charge in [0, 0.05) is 13.1 Å². The zero-order valence-corrected chi connectivity index (χ0v) is 18.7. The first-order valence-electron chi connectivity index (χ1n) is 11.2. The Balaban J connectivity index is 1.87. The van der Waals surface area contributed by atoms with Crippen molar-refractivity contribution in [3.05, 3.63) is 29.8 Å². The summed E-state index contributed by atoms with van der Waals surface area (Å²) in [6.07, 6.45) is 2.00. The van der Waals surface area contributed by atoms with E-state index < -0.39 is 23.9 Å². The van der Waals surface area contributed by atoms with E-state index >= 15 is 0 Å². The number of likely N-dealkylation sites (tertiary alicyclic amines) is 1. The largest absolute Gasteiger partial charge is 0.491 e. The highest BCUT2D eigenvalue weighted by atomic mass is 16.5. The van der Waals surface area contributed by atoms with Gasteiger partial charge in [-0.05, 0) is 37.3 Å². The molecule has 1 saturated heterocycles. The van der Waals surface area contributed by atoms with Crippen molar-refractivity contribution in [2.75, 3.05) is 26.2 Å². The number of ether oxygens (including phenoxy) is 1. The molecule has 4 amide bonds. The van der Waals surface area contributed by atoms with Crippen LogP contribution in [0.5, 0.6) is 5.75 Å². The number of rotatable bonds is 3. The van der Waals surface area contributed by atoms with Crippen molar-refractivity contribution in [2.24, 2.45) is 5.92 Å². The van der Waals surface area contributed by atoms with E-state index in [-0.39, 0.29) is 42.9 Å². The van der Waals surface area contributed by atoms with E-state index in [0.29, 0.717) is 25.3 Å². The molecule has 1 aromatic carbocycles. The Morgan fingerprint density at radius 1 is 1.12 bits per heavy atom. The van der Waals surface area contributed by atoms with E-state index in [1.807, 2.05) is 13.8 Å². The molecule has 0 spiro atoms. The van der Waals surface area contributed by atoms with Crippen molar-refractivity contribution in [3.8, 4) is 5.75 Å². The minimum absolute atomic E-state index is 0.161. The molecule has 2 aliphatic rings. The fraction of sp³-hybridized carbons (Fsp3) is 0.565. The summed E-state index contributed by atoms with van der Waals surface area (Å²) in [5.41, 5.74) is 0.271. The van der Waals surface area contributed by atoms with Gasteiger partial charge < -0.3 is 25.6 Å². The summed E-state index contributed by atoms with van der Waals surface area (Å²) < 4.78 is 5.73. The van der Waals surface area contributed by atoms with Crippen molar-refractivity contribution >= 4 is 23.6 Å². The lowest BCUT2D eigenvalue weighted by Gasteiger charge is -2.26. The van der Waals surface area contributed by atoms with Crippen molar-refractivity contribution in [1.29, 1.82) is 0 Å². The second-order valence-corrected chi connectivity index (χ2v) is 8.65. The van der Waals surface area contributed by atoms with Crippen LogP contribution in [0.4, 0.5) is 0 Å². The van der Waals surface area contributed by atoms with Crippen molar-refractivity contribution < 1.29 is 23.9 Å². The number of fused-ring (bicyclic) bond motifs is 1. The fourth-order valence-electron chi connectivity index (χ4n) is 3.97. The summed E-state index contributed by atoms with van der Waals surface area (Å²) in [4.78, 5) is 53.3. The Hall–Kier alpha value is -3.10. The molecule has 1 aromatic rings. The van der Waals surface area contributed by atoms with Gasteiger partial charge in [0.15, 0.2) is 0 Å². The Kier molecular flexibility index (Phi) is 8.08. The van der Waals surface area contributed by atoms with Crippen molar-refractivity contribution in [2.45, 2.75) is 51.6 Å². The van der Waals surface area contributed by atoms with Crippen LogP contribution in [0.1, 0.15) is 49.9 Å². The number of amides is 4. The molecule has 174 valence electrons. The first-order chi connectivity index (χ1) is 15.3. The minimum atomic E-state index is -1.03. The van der Waals surface area contributed by atoms with Crippen molar-refractivity contribution in [1.82, 2.24) is 20.9 Å². The van der Waals surface area contributed by atoms with Crippen LogP contribution in [0.3, 0.4) is 0 Å². The smallest absolute Gasteiger partial charge is 0.255 e. The van der Waals surface area contributed by atoms with Crippen LogP contribution in [0.15, 0.2) is 24.3 Å². The lowest BCUT2D eigenvalue weighted by atomic mass is 10.0. The lowest BCUT2D eigenvalue weighted by Crippen LogP contribution is -2.53. The lowest BCUT2D eigenvalue weighted by molar-refractivity contribution is -0.135. The van der Waals surface area contributed by atoms with Crippen LogP contribution in [-0.2, 0) is 14.4 Å². The van der Waals surface area contributed by atoms with E-state index in [9.17, 15) is 19.2 Å². The van der Waals surface area contributed by atoms with Gasteiger partial charge in [-0.2, -0.15) is 0 Å². The van der Waals surface area contributed by atoms with E-state index in [1.54, 1.807) is 29.2 Å². The van der Waals surface area contributed by atoms with Gasteiger partial charge in [-0.3, -0.25) is 19.2 Å². The molecule has 9 heteroatoms. The van der Waals surface area contributed by atoms with Gasteiger partial charge >= 0.3 is 0 Å². The fourth-order valence-corrected chi connectivity index (χ4v) is 3.97. The number of nitrogens with one attached hydrogen (secondary N) is 3. The molecule has 3 N–H and O–H groups in total. The first-order valence-corrected chi connectivity index (χ1v) is 11.2. The van der Waals surface area contributed by atoms with Gasteiger partial charge in [-0.15, -0.1) is 0 Å². The van der Waals surface area contributed by atoms with E-state index in [1.165, 1.54) is 0 Å². The third kappa shape index (κ3) is 6.21. The molecule has 0 aliphatic carbocycles. The van der Waals surface area contributed by atoms with Crippen LogP contribution in [0, 0.1) is 5.92 Å². The number of hydrogen-bond acceptors (Lipinski definition) is 5. The van der Waals surface area contributed by atoms with Crippen LogP contribution in [-0.4, -0.2) is 66.9 Å². The SMILES string of the molecule is CC(C)C[C@H]1NC(=O)C[C@@H](C(=O)N2CCCC2)NC(=O)c2ccccc2OCCNC1=O. The number of carbonyl (C=O) groups excluding carboxylic acids is 4. The van der Waals surface area contributed by atoms with Gasteiger partial charge in [0.25, 0.3) is 5.91 Å². The normalized spacial score (nSPS) is 22.8. The minimum Gasteiger partial charge on any atom is -0.491 e. The molecule has 0 unspecified atom stereocenters. The van der Waals surface area contributed by atoms with Crippen LogP contribution >= 0.6 is 0 Å². The zero-order valence-electron chi connectivity index (χ0n) is 18.7. The highest BCUT2D eigenvalue weighted by Crippen LogP contribution is 2.19. The topological polar surface area (TPSA) is 117 Å². The molecular formula is C23H32N4O5. The molecule has 3 rings (SSSR count). The maximum Gasteiger partial charge on any atom is 0.255 e. The van der Waals surface area contributed by atoms with Crippen molar-refractivity contribution in [3.63, 3.8) is 0 Å². The maximum absolute atomic E-state index is 13.1. The predicted molar refractivity (Wildman–Crippen MR) is 118 cm³/mol. The van der Waals surface area contributed by atoms with Crippen LogP contribution in [0.25, 0.3) is 0 Å². The third-order valence-corrected chi connectivity index (χ3v) is 5.56. The Morgan fingerprint density at radius 2 is 1.84 bits per heavy atom. The molecule has 1 fully saturated rings. The third-order valence-electron chi connectivity index (χ3n) is 5.56. The molecule has 0 saturated carbocycles. The number of para-hydroxylation sites is 1. The molecule has 32 heavy (non-hydrogen) atoms. The highest BCUT2D eigenvalue weighted by molar-refractivity contribution is 6.01. The summed E-state index contributed by atoms with van der Waals surface area (Å²) >= 11 is 0. The molecule has 0 radical (unpaired) electrons. The standard InChI is InChI=1S/C23H32N4O5/c1-15(2)13-17-22(30)24-9-12-32-19-8-4-3-7-16(19)21(29)26-18(14-20(28)25-17)23(31)27-10-5-6-11-27/h3-4,7-8,15,17-18H,5-6,9-14H2,1-2H3,(H,24,30)(H,25,28)(H,26,29)/t17-,18+/m1/s1. The summed E-state index contributed by atoms with van der Waals surface area (Å²) in [7, 11) is 0. The second-order valence-electron chi connectivity index (χ2n) is 8.65. The molecular weight excluding hydrogens is 412 g/mol. The van der Waals surface area contributed by atoms with Crippen LogP contribution in [0.2, 0.25) is 0 Å². The molecule has 9 nitrogen and oxygen atoms in total. The molecule has 2 atom stereocenters. The average Bonchev–Trinajstić information content (AvgIpc) is 3.29. The zero-order chi connectivity index (χ0) is 23.1. The van der Waals surface area contributed by atoms with E-state index in [2.05, 4.69) is 16.0 Å². The van der Waals surface area contributed by atoms with Gasteiger partial charge in [0.2, 0.25) is 17.7 Å². The monoisotopic (exact) mass is 444 g/mol. The van der Waals surface area contributed by atoms with E-state index in [4.69, 9.17) is 4.74 Å². The van der Waals surface area contributed by atoms with Gasteiger partial charge in [0.1, 0.15) is 24.4 Å². The summed E-state index contributed by atoms with van der Waals surface area (Å²) in [6.45, 7) is 5.52. The summed E-state index contributed by atoms with van der Waals surface area (Å²) in [5, 5.41) is 8.26. The quantitative estimate of drug-likeness (QED) is 0.639. The van der Waals surface area contributed by atoms with E-state index in [0.717, 1.165) is 12.8 Å². The molecule has 0 aromatic heterocycles. The number of benzene rings is 1. The number of nitrogens with zero attached hydrogens (tertiary/aromatic N) is 1. The molecule has 2 heterocycles. The first kappa shape index (κ1) is 23.6. The molecule has 0 bridgehead atoms. The van der Waals surface area contributed by atoms with Gasteiger partial charge in [0.05, 0.1) is 18.5 Å². The maximum atomic E-state index is 13.1. The molecule has 2 aliphatic heterocycles. The Morgan fingerprint density at radius 3 is 2.56 bits per heavy atom. The number of carbonyl (C=O) groups is 4. The van der Waals surface area contributed by atoms with Gasteiger partial charge in [-0.25, -0.2) is 0 Å². The van der Waals surface area contributed by atoms with Gasteiger partial charge in [-0.1, -0.05) is 26.0 Å². The second kappa shape index (κ2) is 11.0. The highest BCUT2D eigenvalue weighted by Gasteiger charge is 2.32. The Labute approximate surface area is 188 Å². The van der Waals surface area contributed by atoms with Crippen LogP contribution < -0.4 is 20.7 Å². The average molecular weight is 445 g/mol. The summed E-state index contributed by atoms with van der Waals surface area (Å²) in [6, 6.07) is 4.95. The summed E-state index contributed by atoms with van der Waals surface area (Å²) in [5.74, 6) is -0.994. The Bertz CT molecular complexity index is 851. The number of hydrogen-bond donors (Lipinski definition) is 3.